The maximum Gasteiger partial charge on any atom is 0.330 e. The molecule has 0 rings (SSSR count). The quantitative estimate of drug-likeness (QED) is 0.500. The van der Waals surface area contributed by atoms with Gasteiger partial charge in [-0.1, -0.05) is 12.2 Å². The SMILES string of the molecule is CC=CC(=O)OC.CC=CC(=O)OC. The number of methoxy groups -OCH3 is 2. The van der Waals surface area contributed by atoms with E-state index in [1.807, 2.05) is 0 Å². The van der Waals surface area contributed by atoms with Crippen LogP contribution in [0.2, 0.25) is 0 Å². The highest BCUT2D eigenvalue weighted by Crippen LogP contribution is 1.74. The van der Waals surface area contributed by atoms with Crippen molar-refractivity contribution < 1.29 is 19.1 Å². The van der Waals surface area contributed by atoms with Crippen LogP contribution in [-0.2, 0) is 19.1 Å². The van der Waals surface area contributed by atoms with E-state index < -0.39 is 0 Å². The molecule has 0 aliphatic carbocycles. The second-order valence-electron chi connectivity index (χ2n) is 2.05. The first kappa shape index (κ1) is 14.9. The van der Waals surface area contributed by atoms with Gasteiger partial charge in [-0.15, -0.1) is 0 Å². The molecular formula is C10H16O4. The highest BCUT2D eigenvalue weighted by Gasteiger charge is 1.84. The molecule has 14 heavy (non-hydrogen) atoms. The Bertz CT molecular complexity index is 192. The normalized spacial score (nSPS) is 9.43. The topological polar surface area (TPSA) is 52.6 Å². The van der Waals surface area contributed by atoms with Crippen LogP contribution in [0.5, 0.6) is 0 Å². The molecule has 0 saturated heterocycles. The summed E-state index contributed by atoms with van der Waals surface area (Å²) in [7, 11) is 2.70. The minimum Gasteiger partial charge on any atom is -0.466 e. The Kier molecular flexibility index (Phi) is 12.2. The Balaban J connectivity index is 0. The summed E-state index contributed by atoms with van der Waals surface area (Å²) >= 11 is 0. The summed E-state index contributed by atoms with van der Waals surface area (Å²) in [5.74, 6) is -0.606. The van der Waals surface area contributed by atoms with E-state index in [-0.39, 0.29) is 11.9 Å². The smallest absolute Gasteiger partial charge is 0.330 e. The number of carbonyl (C=O) groups is 2. The van der Waals surface area contributed by atoms with E-state index in [1.54, 1.807) is 26.0 Å². The molecule has 0 aliphatic heterocycles. The Morgan fingerprint density at radius 3 is 1.21 bits per heavy atom. The summed E-state index contributed by atoms with van der Waals surface area (Å²) in [6.45, 7) is 3.52. The first-order chi connectivity index (χ1) is 6.62. The molecule has 0 amide bonds. The molecule has 0 unspecified atom stereocenters. The second kappa shape index (κ2) is 11.4. The maximum absolute atomic E-state index is 10.1. The van der Waals surface area contributed by atoms with E-state index >= 15 is 0 Å². The van der Waals surface area contributed by atoms with Crippen LogP contribution in [0.3, 0.4) is 0 Å². The van der Waals surface area contributed by atoms with Crippen molar-refractivity contribution in [1.82, 2.24) is 0 Å². The zero-order valence-electron chi connectivity index (χ0n) is 8.94. The number of hydrogen-bond acceptors (Lipinski definition) is 4. The average molecular weight is 200 g/mol. The maximum atomic E-state index is 10.1. The Hall–Kier alpha value is -1.58. The zero-order valence-corrected chi connectivity index (χ0v) is 8.94. The largest absolute Gasteiger partial charge is 0.466 e. The summed E-state index contributed by atoms with van der Waals surface area (Å²) in [5, 5.41) is 0. The zero-order chi connectivity index (χ0) is 11.4. The molecule has 0 heterocycles. The van der Waals surface area contributed by atoms with Gasteiger partial charge in [-0.25, -0.2) is 9.59 Å². The third-order valence-electron chi connectivity index (χ3n) is 1.01. The average Bonchev–Trinajstić information content (AvgIpc) is 2.19. The molecule has 0 aliphatic rings. The van der Waals surface area contributed by atoms with Gasteiger partial charge in [0.2, 0.25) is 0 Å². The van der Waals surface area contributed by atoms with Gasteiger partial charge in [0, 0.05) is 12.2 Å². The van der Waals surface area contributed by atoms with Crippen LogP contribution < -0.4 is 0 Å². The summed E-state index contributed by atoms with van der Waals surface area (Å²) in [6.07, 6.45) is 5.98. The highest BCUT2D eigenvalue weighted by atomic mass is 16.5. The van der Waals surface area contributed by atoms with Crippen LogP contribution in [0.25, 0.3) is 0 Å². The molecule has 0 saturated carbocycles. The Labute approximate surface area is 84.2 Å². The molecule has 4 nitrogen and oxygen atoms in total. The van der Waals surface area contributed by atoms with Gasteiger partial charge < -0.3 is 9.47 Å². The summed E-state index contributed by atoms with van der Waals surface area (Å²) < 4.78 is 8.53. The standard InChI is InChI=1S/2C5H8O2/c2*1-3-4-5(6)7-2/h2*3-4H,1-2H3. The van der Waals surface area contributed by atoms with Crippen molar-refractivity contribution in [1.29, 1.82) is 0 Å². The van der Waals surface area contributed by atoms with Crippen LogP contribution in [-0.4, -0.2) is 26.2 Å². The fourth-order valence-corrected chi connectivity index (χ4v) is 0.408. The predicted octanol–water partition coefficient (Wildman–Crippen LogP) is 1.47. The van der Waals surface area contributed by atoms with Gasteiger partial charge in [0.05, 0.1) is 14.2 Å². The molecule has 0 N–H and O–H groups in total. The number of carbonyl (C=O) groups excluding carboxylic acids is 2. The van der Waals surface area contributed by atoms with Gasteiger partial charge in [0.1, 0.15) is 0 Å². The van der Waals surface area contributed by atoms with Gasteiger partial charge in [-0.2, -0.15) is 0 Å². The van der Waals surface area contributed by atoms with Crippen LogP contribution in [0.4, 0.5) is 0 Å². The molecule has 0 aromatic rings. The lowest BCUT2D eigenvalue weighted by Crippen LogP contribution is -1.92. The molecule has 0 atom stereocenters. The first-order valence-corrected chi connectivity index (χ1v) is 4.03. The van der Waals surface area contributed by atoms with Crippen LogP contribution in [0.15, 0.2) is 24.3 Å². The van der Waals surface area contributed by atoms with Crippen molar-refractivity contribution in [2.24, 2.45) is 0 Å². The Morgan fingerprint density at radius 2 is 1.14 bits per heavy atom. The van der Waals surface area contributed by atoms with Crippen molar-refractivity contribution in [2.75, 3.05) is 14.2 Å². The number of allylic oxidation sites excluding steroid dienone is 2. The van der Waals surface area contributed by atoms with Crippen LogP contribution in [0, 0.1) is 0 Å². The minimum atomic E-state index is -0.303. The number of hydrogen-bond donors (Lipinski definition) is 0. The fraction of sp³-hybridized carbons (Fsp3) is 0.400. The van der Waals surface area contributed by atoms with Crippen molar-refractivity contribution in [2.45, 2.75) is 13.8 Å². The number of rotatable bonds is 2. The molecular weight excluding hydrogens is 184 g/mol. The lowest BCUT2D eigenvalue weighted by Gasteiger charge is -1.84. The number of ether oxygens (including phenoxy) is 2. The van der Waals surface area contributed by atoms with E-state index in [4.69, 9.17) is 0 Å². The molecule has 80 valence electrons. The van der Waals surface area contributed by atoms with Crippen molar-refractivity contribution in [3.63, 3.8) is 0 Å². The molecule has 0 radical (unpaired) electrons. The van der Waals surface area contributed by atoms with Crippen molar-refractivity contribution in [3.8, 4) is 0 Å². The van der Waals surface area contributed by atoms with Crippen molar-refractivity contribution >= 4 is 11.9 Å². The fourth-order valence-electron chi connectivity index (χ4n) is 0.408. The minimum absolute atomic E-state index is 0.303. The van der Waals surface area contributed by atoms with E-state index in [9.17, 15) is 9.59 Å². The summed E-state index contributed by atoms with van der Waals surface area (Å²) in [4.78, 5) is 20.2. The van der Waals surface area contributed by atoms with Gasteiger partial charge in [0.15, 0.2) is 0 Å². The van der Waals surface area contributed by atoms with Gasteiger partial charge >= 0.3 is 11.9 Å². The molecule has 0 aromatic carbocycles. The summed E-state index contributed by atoms with van der Waals surface area (Å²) in [5.41, 5.74) is 0. The summed E-state index contributed by atoms with van der Waals surface area (Å²) in [6, 6.07) is 0. The highest BCUT2D eigenvalue weighted by molar-refractivity contribution is 5.81. The molecule has 0 aromatic heterocycles. The molecule has 4 heteroatoms. The van der Waals surface area contributed by atoms with Gasteiger partial charge in [-0.05, 0) is 13.8 Å². The van der Waals surface area contributed by atoms with Crippen molar-refractivity contribution in [3.05, 3.63) is 24.3 Å². The van der Waals surface area contributed by atoms with Gasteiger partial charge in [0.25, 0.3) is 0 Å². The lowest BCUT2D eigenvalue weighted by atomic mass is 10.5. The number of esters is 2. The van der Waals surface area contributed by atoms with E-state index in [0.29, 0.717) is 0 Å². The third kappa shape index (κ3) is 13.0. The molecule has 0 fully saturated rings. The second-order valence-corrected chi connectivity index (χ2v) is 2.05. The monoisotopic (exact) mass is 200 g/mol. The molecule has 0 bridgehead atoms. The predicted molar refractivity (Wildman–Crippen MR) is 53.7 cm³/mol. The first-order valence-electron chi connectivity index (χ1n) is 4.03. The van der Waals surface area contributed by atoms with E-state index in [0.717, 1.165) is 0 Å². The van der Waals surface area contributed by atoms with Crippen LogP contribution in [0.1, 0.15) is 13.8 Å². The Morgan fingerprint density at radius 1 is 0.857 bits per heavy atom. The lowest BCUT2D eigenvalue weighted by molar-refractivity contribution is -0.135. The third-order valence-corrected chi connectivity index (χ3v) is 1.01. The van der Waals surface area contributed by atoms with E-state index in [2.05, 4.69) is 9.47 Å². The van der Waals surface area contributed by atoms with E-state index in [1.165, 1.54) is 26.4 Å². The van der Waals surface area contributed by atoms with Gasteiger partial charge in [-0.3, -0.25) is 0 Å². The molecule has 0 spiro atoms. The van der Waals surface area contributed by atoms with Crippen LogP contribution >= 0.6 is 0 Å².